The second-order valence-electron chi connectivity index (χ2n) is 13.1. The molecule has 0 aromatic heterocycles. The van der Waals surface area contributed by atoms with Crippen LogP contribution in [-0.2, 0) is 204 Å². The van der Waals surface area contributed by atoms with Gasteiger partial charge in [-0.25, -0.2) is 0 Å². The van der Waals surface area contributed by atoms with Crippen molar-refractivity contribution in [3.63, 3.8) is 0 Å². The molecule has 0 radical (unpaired) electrons. The van der Waals surface area contributed by atoms with Crippen LogP contribution in [0.25, 0.3) is 0 Å². The summed E-state index contributed by atoms with van der Waals surface area (Å²) in [5, 5.41) is 0. The molecule has 74 heavy (non-hydrogen) atoms. The summed E-state index contributed by atoms with van der Waals surface area (Å²) >= 11 is 48.1. The quantitative estimate of drug-likeness (QED) is 0.106. The van der Waals surface area contributed by atoms with Gasteiger partial charge in [0.2, 0.25) is 0 Å². The molecule has 0 atom stereocenters. The van der Waals surface area contributed by atoms with Crippen molar-refractivity contribution in [3.8, 4) is 0 Å². The standard InChI is InChI=1S/10C6H6S.4Zn/c10*7-6-4-2-1-3-5-6;;;;/h10*1-5,7H;;;;/p-10. The smallest absolute Gasteiger partial charge is 0 e. The van der Waals surface area contributed by atoms with Gasteiger partial charge in [0.05, 0.1) is 0 Å². The summed E-state index contributed by atoms with van der Waals surface area (Å²) in [7, 11) is 0. The van der Waals surface area contributed by atoms with Gasteiger partial charge >= 0.3 is 0 Å². The van der Waals surface area contributed by atoms with E-state index in [4.69, 9.17) is 126 Å². The average Bonchev–Trinajstić information content (AvgIpc) is 3.38. The topological polar surface area (TPSA) is 0 Å². The summed E-state index contributed by atoms with van der Waals surface area (Å²) in [5.41, 5.74) is 0. The second kappa shape index (κ2) is 56.1. The van der Waals surface area contributed by atoms with Gasteiger partial charge < -0.3 is 126 Å². The first-order chi connectivity index (χ1) is 33.9. The number of rotatable bonds is 0. The molecule has 10 aromatic carbocycles. The predicted octanol–water partition coefficient (Wildman–Crippen LogP) is 15.9. The van der Waals surface area contributed by atoms with Crippen molar-refractivity contribution < 1.29 is 77.9 Å². The van der Waals surface area contributed by atoms with Gasteiger partial charge in [0.1, 0.15) is 0 Å². The fraction of sp³-hybridized carbons (Fsp3) is 0. The summed E-state index contributed by atoms with van der Waals surface area (Å²) in [6, 6.07) is 96.2. The molecule has 0 bridgehead atoms. The molecular weight excluding hydrogens is 1300 g/mol. The van der Waals surface area contributed by atoms with Crippen LogP contribution in [0, 0.1) is 0 Å². The molecule has 0 nitrogen and oxygen atoms in total. The van der Waals surface area contributed by atoms with Gasteiger partial charge in [-0.05, 0) is 0 Å². The van der Waals surface area contributed by atoms with Crippen LogP contribution in [0.1, 0.15) is 0 Å². The van der Waals surface area contributed by atoms with E-state index in [1.54, 1.807) is 0 Å². The third-order valence-electron chi connectivity index (χ3n) is 7.43. The molecule has 368 valence electrons. The maximum absolute atomic E-state index is 4.81. The molecule has 0 unspecified atom stereocenters. The van der Waals surface area contributed by atoms with E-state index in [0.717, 1.165) is 49.0 Å². The first kappa shape index (κ1) is 77.4. The first-order valence-corrected chi connectivity index (χ1v) is 25.2. The summed E-state index contributed by atoms with van der Waals surface area (Å²) < 4.78 is 0. The fourth-order valence-electron chi connectivity index (χ4n) is 4.20. The molecule has 10 rings (SSSR count). The van der Waals surface area contributed by atoms with Gasteiger partial charge in [0.25, 0.3) is 0 Å². The van der Waals surface area contributed by atoms with Crippen LogP contribution in [0.4, 0.5) is 0 Å². The Morgan fingerprint density at radius 2 is 0.162 bits per heavy atom. The van der Waals surface area contributed by atoms with Crippen LogP contribution in [0.5, 0.6) is 0 Å². The zero-order chi connectivity index (χ0) is 51.1. The van der Waals surface area contributed by atoms with Crippen molar-refractivity contribution in [2.45, 2.75) is 49.0 Å². The molecule has 0 fully saturated rings. The summed E-state index contributed by atoms with van der Waals surface area (Å²) in [6.07, 6.45) is 0. The third kappa shape index (κ3) is 53.7. The van der Waals surface area contributed by atoms with Crippen LogP contribution in [0.2, 0.25) is 0 Å². The molecule has 0 saturated heterocycles. The number of hydrogen-bond donors (Lipinski definition) is 0. The van der Waals surface area contributed by atoms with Gasteiger partial charge in [-0.2, -0.15) is 49.0 Å². The first-order valence-electron chi connectivity index (χ1n) is 21.1. The summed E-state index contributed by atoms with van der Waals surface area (Å²) in [6.45, 7) is 0. The van der Waals surface area contributed by atoms with E-state index >= 15 is 0 Å². The zero-order valence-corrected chi connectivity index (χ0v) is 60.8. The van der Waals surface area contributed by atoms with Crippen molar-refractivity contribution in [2.24, 2.45) is 0 Å². The molecule has 0 heterocycles. The maximum atomic E-state index is 4.81. The zero-order valence-electron chi connectivity index (χ0n) is 40.8. The van der Waals surface area contributed by atoms with Crippen molar-refractivity contribution in [2.75, 3.05) is 0 Å². The van der Waals surface area contributed by atoms with Crippen LogP contribution < -0.4 is 0 Å². The molecule has 0 N–H and O–H groups in total. The third-order valence-corrected chi connectivity index (χ3v) is 10.2. The minimum absolute atomic E-state index is 0. The number of hydrogen-bond acceptors (Lipinski definition) is 10. The van der Waals surface area contributed by atoms with E-state index < -0.39 is 0 Å². The Hall–Kier alpha value is -3.11. The van der Waals surface area contributed by atoms with Crippen molar-refractivity contribution in [1.82, 2.24) is 0 Å². The monoisotopic (exact) mass is 1350 g/mol. The van der Waals surface area contributed by atoms with Gasteiger partial charge in [0.15, 0.2) is 0 Å². The largest absolute Gasteiger partial charge is 0.780 e. The molecule has 14 heteroatoms. The average molecular weight is 1350 g/mol. The Balaban J connectivity index is -0.000000366. The van der Waals surface area contributed by atoms with Crippen LogP contribution in [-0.4, -0.2) is 0 Å². The van der Waals surface area contributed by atoms with Crippen LogP contribution in [0.3, 0.4) is 0 Å². The molecule has 0 aliphatic rings. The Morgan fingerprint density at radius 1 is 0.108 bits per heavy atom. The van der Waals surface area contributed by atoms with Crippen molar-refractivity contribution >= 4 is 126 Å². The van der Waals surface area contributed by atoms with E-state index in [1.807, 2.05) is 303 Å². The fourth-order valence-corrected chi connectivity index (χ4v) is 5.78. The van der Waals surface area contributed by atoms with Crippen LogP contribution >= 0.6 is 0 Å². The van der Waals surface area contributed by atoms with Crippen molar-refractivity contribution in [3.05, 3.63) is 303 Å². The molecule has 0 saturated carbocycles. The maximum Gasteiger partial charge on any atom is 0 e. The Morgan fingerprint density at radius 3 is 0.189 bits per heavy atom. The van der Waals surface area contributed by atoms with E-state index in [0.29, 0.717) is 0 Å². The van der Waals surface area contributed by atoms with E-state index in [9.17, 15) is 0 Å². The van der Waals surface area contributed by atoms with E-state index in [-0.39, 0.29) is 77.9 Å². The SMILES string of the molecule is [S-]c1ccccc1.[S-]c1ccccc1.[S-]c1ccccc1.[S-]c1ccccc1.[S-]c1ccccc1.[S-]c1ccccc1.[S-]c1ccccc1.[S-]c1ccccc1.[S-]c1ccccc1.[S-]c1ccccc1.[Zn].[Zn].[Zn].[Zn]. The minimum Gasteiger partial charge on any atom is -0.780 e. The predicted molar refractivity (Wildman–Crippen MR) is 321 cm³/mol. The Bertz CT molecular complexity index is 1990. The summed E-state index contributed by atoms with van der Waals surface area (Å²) in [5.74, 6) is 0. The van der Waals surface area contributed by atoms with Crippen LogP contribution in [0.15, 0.2) is 352 Å². The molecule has 0 amide bonds. The van der Waals surface area contributed by atoms with Gasteiger partial charge in [-0.15, -0.1) is 0 Å². The van der Waals surface area contributed by atoms with Gasteiger partial charge in [-0.3, -0.25) is 0 Å². The molecule has 10 aromatic rings. The normalized spacial score (nSPS) is 8.11. The molecular formula is C60H50S10Zn4-10. The molecule has 0 spiro atoms. The van der Waals surface area contributed by atoms with Crippen molar-refractivity contribution in [1.29, 1.82) is 0 Å². The summed E-state index contributed by atoms with van der Waals surface area (Å²) in [4.78, 5) is 9.05. The minimum atomic E-state index is 0. The Kier molecular flexibility index (Phi) is 58.7. The molecule has 0 aliphatic carbocycles. The van der Waals surface area contributed by atoms with Gasteiger partial charge in [0, 0.05) is 77.9 Å². The molecule has 0 aliphatic heterocycles. The van der Waals surface area contributed by atoms with E-state index in [1.165, 1.54) is 0 Å². The number of benzene rings is 10. The Labute approximate surface area is 549 Å². The van der Waals surface area contributed by atoms with Gasteiger partial charge in [-0.1, -0.05) is 303 Å². The van der Waals surface area contributed by atoms with E-state index in [2.05, 4.69) is 0 Å². The second-order valence-corrected chi connectivity index (χ2v) is 17.8.